The van der Waals surface area contributed by atoms with Crippen LogP contribution in [0, 0.1) is 5.92 Å². The first-order valence-corrected chi connectivity index (χ1v) is 8.43. The summed E-state index contributed by atoms with van der Waals surface area (Å²) in [6.07, 6.45) is 1.36. The molecular weight excluding hydrogens is 324 g/mol. The summed E-state index contributed by atoms with van der Waals surface area (Å²) < 4.78 is 10.6. The number of carbonyl (C=O) groups excluding carboxylic acids is 1. The highest BCUT2D eigenvalue weighted by molar-refractivity contribution is 5.83. The Bertz CT molecular complexity index is 647. The third-order valence-corrected chi connectivity index (χ3v) is 4.76. The van der Waals surface area contributed by atoms with Gasteiger partial charge in [0.2, 0.25) is 0 Å². The minimum atomic E-state index is -1.01. The summed E-state index contributed by atoms with van der Waals surface area (Å²) >= 11 is 0. The summed E-state index contributed by atoms with van der Waals surface area (Å²) in [5.41, 5.74) is 2.09. The van der Waals surface area contributed by atoms with E-state index in [0.29, 0.717) is 37.4 Å². The van der Waals surface area contributed by atoms with Gasteiger partial charge >= 0.3 is 12.0 Å². The van der Waals surface area contributed by atoms with Gasteiger partial charge in [0.1, 0.15) is 6.04 Å². The van der Waals surface area contributed by atoms with Gasteiger partial charge in [0, 0.05) is 13.1 Å². The second kappa shape index (κ2) is 8.09. The molecule has 2 N–H and O–H groups in total. The fourth-order valence-corrected chi connectivity index (χ4v) is 2.96. The van der Waals surface area contributed by atoms with Gasteiger partial charge in [-0.3, -0.25) is 0 Å². The van der Waals surface area contributed by atoms with Gasteiger partial charge in [-0.1, -0.05) is 20.3 Å². The molecule has 0 fully saturated rings. The molecular formula is C18H26N2O5. The summed E-state index contributed by atoms with van der Waals surface area (Å²) in [6, 6.07) is 2.57. The van der Waals surface area contributed by atoms with Gasteiger partial charge in [-0.15, -0.1) is 0 Å². The molecule has 7 nitrogen and oxygen atoms in total. The minimum Gasteiger partial charge on any atom is -0.493 e. The number of nitrogens with one attached hydrogen (secondary N) is 1. The fraction of sp³-hybridized carbons (Fsp3) is 0.556. The smallest absolute Gasteiger partial charge is 0.326 e. The Morgan fingerprint density at radius 1 is 1.24 bits per heavy atom. The van der Waals surface area contributed by atoms with Crippen molar-refractivity contribution in [3.63, 3.8) is 0 Å². The van der Waals surface area contributed by atoms with Gasteiger partial charge in [0.05, 0.1) is 14.2 Å². The van der Waals surface area contributed by atoms with Crippen LogP contribution in [0.15, 0.2) is 12.1 Å². The van der Waals surface area contributed by atoms with Gasteiger partial charge in [-0.25, -0.2) is 9.59 Å². The number of methoxy groups -OCH3 is 2. The first-order valence-electron chi connectivity index (χ1n) is 8.43. The van der Waals surface area contributed by atoms with Gasteiger partial charge in [-0.2, -0.15) is 0 Å². The lowest BCUT2D eigenvalue weighted by Crippen LogP contribution is -2.51. The van der Waals surface area contributed by atoms with Crippen molar-refractivity contribution in [2.45, 2.75) is 39.3 Å². The molecule has 0 spiro atoms. The SMILES string of the molecule is CCC(C)[C@H](NC(=O)N1CCc2cc(OC)c(OC)cc2C1)C(=O)O. The number of aliphatic carboxylic acids is 1. The quantitative estimate of drug-likeness (QED) is 0.822. The van der Waals surface area contributed by atoms with Crippen LogP contribution in [0.2, 0.25) is 0 Å². The lowest BCUT2D eigenvalue weighted by Gasteiger charge is -2.31. The highest BCUT2D eigenvalue weighted by Gasteiger charge is 2.29. The highest BCUT2D eigenvalue weighted by atomic mass is 16.5. The number of benzene rings is 1. The second-order valence-electron chi connectivity index (χ2n) is 6.30. The maximum Gasteiger partial charge on any atom is 0.326 e. The van der Waals surface area contributed by atoms with E-state index in [2.05, 4.69) is 5.32 Å². The molecule has 1 heterocycles. The molecule has 25 heavy (non-hydrogen) atoms. The van der Waals surface area contributed by atoms with E-state index < -0.39 is 12.0 Å². The molecule has 1 aliphatic rings. The highest BCUT2D eigenvalue weighted by Crippen LogP contribution is 2.33. The van der Waals surface area contributed by atoms with Crippen molar-refractivity contribution in [3.8, 4) is 11.5 Å². The first-order chi connectivity index (χ1) is 11.9. The number of carbonyl (C=O) groups is 2. The molecule has 0 bridgehead atoms. The first kappa shape index (κ1) is 18.9. The largest absolute Gasteiger partial charge is 0.493 e. The molecule has 0 saturated heterocycles. The van der Waals surface area contributed by atoms with Crippen molar-refractivity contribution in [2.24, 2.45) is 5.92 Å². The van der Waals surface area contributed by atoms with E-state index in [1.54, 1.807) is 19.1 Å². The van der Waals surface area contributed by atoms with E-state index >= 15 is 0 Å². The number of amides is 2. The number of urea groups is 1. The lowest BCUT2D eigenvalue weighted by molar-refractivity contribution is -0.140. The molecule has 2 atom stereocenters. The summed E-state index contributed by atoms with van der Waals surface area (Å²) in [5, 5.41) is 12.0. The van der Waals surface area contributed by atoms with Crippen LogP contribution in [0.5, 0.6) is 11.5 Å². The maximum atomic E-state index is 12.5. The summed E-state index contributed by atoms with van der Waals surface area (Å²) in [7, 11) is 3.16. The number of ether oxygens (including phenoxy) is 2. The number of carboxylic acid groups (broad SMARTS) is 1. The number of hydrogen-bond acceptors (Lipinski definition) is 4. The van der Waals surface area contributed by atoms with Crippen molar-refractivity contribution in [1.82, 2.24) is 10.2 Å². The van der Waals surface area contributed by atoms with E-state index in [0.717, 1.165) is 11.1 Å². The monoisotopic (exact) mass is 350 g/mol. The second-order valence-corrected chi connectivity index (χ2v) is 6.30. The zero-order valence-electron chi connectivity index (χ0n) is 15.2. The Morgan fingerprint density at radius 2 is 1.84 bits per heavy atom. The number of nitrogens with zero attached hydrogens (tertiary/aromatic N) is 1. The molecule has 0 saturated carbocycles. The summed E-state index contributed by atoms with van der Waals surface area (Å²) in [5.74, 6) is 0.141. The number of hydrogen-bond donors (Lipinski definition) is 2. The van der Waals surface area contributed by atoms with E-state index in [1.165, 1.54) is 0 Å². The lowest BCUT2D eigenvalue weighted by atomic mass is 9.98. The van der Waals surface area contributed by atoms with E-state index in [4.69, 9.17) is 9.47 Å². The maximum absolute atomic E-state index is 12.5. The van der Waals surface area contributed by atoms with Crippen LogP contribution in [-0.4, -0.2) is 48.8 Å². The predicted octanol–water partition coefficient (Wildman–Crippen LogP) is 2.27. The van der Waals surface area contributed by atoms with E-state index in [1.807, 2.05) is 26.0 Å². The van der Waals surface area contributed by atoms with Crippen molar-refractivity contribution >= 4 is 12.0 Å². The zero-order valence-corrected chi connectivity index (χ0v) is 15.2. The van der Waals surface area contributed by atoms with Crippen LogP contribution >= 0.6 is 0 Å². The Labute approximate surface area is 147 Å². The molecule has 0 radical (unpaired) electrons. The standard InChI is InChI=1S/C18H26N2O5/c1-5-11(2)16(17(21)22)19-18(23)20-7-6-12-8-14(24-3)15(25-4)9-13(12)10-20/h8-9,11,16H,5-7,10H2,1-4H3,(H,19,23)(H,21,22)/t11?,16-/m0/s1. The van der Waals surface area contributed by atoms with Crippen molar-refractivity contribution in [1.29, 1.82) is 0 Å². The molecule has 0 aliphatic carbocycles. The Hall–Kier alpha value is -2.44. The summed E-state index contributed by atoms with van der Waals surface area (Å²) in [4.78, 5) is 25.6. The number of carboxylic acids is 1. The zero-order chi connectivity index (χ0) is 18.6. The Balaban J connectivity index is 2.13. The number of fused-ring (bicyclic) bond motifs is 1. The van der Waals surface area contributed by atoms with E-state index in [9.17, 15) is 14.7 Å². The third-order valence-electron chi connectivity index (χ3n) is 4.76. The molecule has 1 aromatic rings. The average Bonchev–Trinajstić information content (AvgIpc) is 2.63. The van der Waals surface area contributed by atoms with Crippen molar-refractivity contribution < 1.29 is 24.2 Å². The van der Waals surface area contributed by atoms with E-state index in [-0.39, 0.29) is 11.9 Å². The van der Waals surface area contributed by atoms with Crippen LogP contribution in [0.3, 0.4) is 0 Å². The molecule has 1 aromatic carbocycles. The van der Waals surface area contributed by atoms with Gasteiger partial charge in [-0.05, 0) is 35.6 Å². The van der Waals surface area contributed by atoms with Gasteiger partial charge < -0.3 is 24.8 Å². The Kier molecular flexibility index (Phi) is 6.12. The predicted molar refractivity (Wildman–Crippen MR) is 93.1 cm³/mol. The van der Waals surface area contributed by atoms with Crippen LogP contribution < -0.4 is 14.8 Å². The topological polar surface area (TPSA) is 88.1 Å². The van der Waals surface area contributed by atoms with Crippen LogP contribution in [0.1, 0.15) is 31.4 Å². The normalized spacial score (nSPS) is 15.8. The Morgan fingerprint density at radius 3 is 2.36 bits per heavy atom. The van der Waals surface area contributed by atoms with Gasteiger partial charge in [0.25, 0.3) is 0 Å². The average molecular weight is 350 g/mol. The van der Waals surface area contributed by atoms with Crippen LogP contribution in [0.4, 0.5) is 4.79 Å². The molecule has 1 unspecified atom stereocenters. The molecule has 0 aromatic heterocycles. The molecule has 2 amide bonds. The van der Waals surface area contributed by atoms with Crippen LogP contribution in [0.25, 0.3) is 0 Å². The van der Waals surface area contributed by atoms with Crippen LogP contribution in [-0.2, 0) is 17.8 Å². The summed E-state index contributed by atoms with van der Waals surface area (Å²) in [6.45, 7) is 4.67. The van der Waals surface area contributed by atoms with Crippen molar-refractivity contribution in [3.05, 3.63) is 23.3 Å². The molecule has 1 aliphatic heterocycles. The third kappa shape index (κ3) is 4.15. The molecule has 7 heteroatoms. The van der Waals surface area contributed by atoms with Gasteiger partial charge in [0.15, 0.2) is 11.5 Å². The molecule has 2 rings (SSSR count). The fourth-order valence-electron chi connectivity index (χ4n) is 2.96. The minimum absolute atomic E-state index is 0.136. The number of rotatable bonds is 6. The van der Waals surface area contributed by atoms with Crippen molar-refractivity contribution in [2.75, 3.05) is 20.8 Å². The molecule has 138 valence electrons.